The summed E-state index contributed by atoms with van der Waals surface area (Å²) in [5.41, 5.74) is 1.05. The maximum absolute atomic E-state index is 12.0. The zero-order chi connectivity index (χ0) is 16.3. The predicted octanol–water partition coefficient (Wildman–Crippen LogP) is 2.12. The summed E-state index contributed by atoms with van der Waals surface area (Å²) >= 11 is 0. The first kappa shape index (κ1) is 17.2. The van der Waals surface area contributed by atoms with Crippen molar-refractivity contribution in [2.45, 2.75) is 39.0 Å². The Labute approximate surface area is 125 Å². The third kappa shape index (κ3) is 5.96. The second-order valence-corrected chi connectivity index (χ2v) is 7.94. The van der Waals surface area contributed by atoms with Crippen LogP contribution in [0.4, 0.5) is 0 Å². The molecule has 5 nitrogen and oxygen atoms in total. The van der Waals surface area contributed by atoms with Crippen molar-refractivity contribution in [3.05, 3.63) is 34.9 Å². The number of esters is 1. The molecule has 1 aromatic carbocycles. The van der Waals surface area contributed by atoms with Crippen LogP contribution in [0.15, 0.2) is 18.2 Å². The van der Waals surface area contributed by atoms with Gasteiger partial charge in [-0.1, -0.05) is 6.07 Å². The van der Waals surface area contributed by atoms with Crippen molar-refractivity contribution in [2.75, 3.05) is 5.75 Å². The van der Waals surface area contributed by atoms with E-state index in [0.29, 0.717) is 16.7 Å². The standard InChI is InChI=1S/C15H19NO4S/c1-11-7-12(8-16)5-6-13(11)9-21(18,19)10-14(17)20-15(2,3)4/h5-7H,9-10H2,1-4H3. The number of hydrogen-bond acceptors (Lipinski definition) is 5. The topological polar surface area (TPSA) is 84.2 Å². The summed E-state index contributed by atoms with van der Waals surface area (Å²) in [5.74, 6) is -1.65. The summed E-state index contributed by atoms with van der Waals surface area (Å²) in [4.78, 5) is 11.6. The molecule has 1 aromatic rings. The van der Waals surface area contributed by atoms with Crippen molar-refractivity contribution in [3.8, 4) is 6.07 Å². The highest BCUT2D eigenvalue weighted by molar-refractivity contribution is 7.91. The lowest BCUT2D eigenvalue weighted by Gasteiger charge is -2.19. The van der Waals surface area contributed by atoms with Gasteiger partial charge in [0.05, 0.1) is 17.4 Å². The highest BCUT2D eigenvalue weighted by Crippen LogP contribution is 2.15. The summed E-state index contributed by atoms with van der Waals surface area (Å²) in [7, 11) is -3.61. The lowest BCUT2D eigenvalue weighted by Crippen LogP contribution is -2.29. The van der Waals surface area contributed by atoms with E-state index < -0.39 is 27.2 Å². The van der Waals surface area contributed by atoms with E-state index in [1.165, 1.54) is 0 Å². The van der Waals surface area contributed by atoms with Gasteiger partial charge in [-0.05, 0) is 51.0 Å². The predicted molar refractivity (Wildman–Crippen MR) is 79.2 cm³/mol. The molecule has 1 rings (SSSR count). The zero-order valence-electron chi connectivity index (χ0n) is 12.6. The van der Waals surface area contributed by atoms with Crippen LogP contribution >= 0.6 is 0 Å². The van der Waals surface area contributed by atoms with E-state index in [9.17, 15) is 13.2 Å². The number of benzene rings is 1. The SMILES string of the molecule is Cc1cc(C#N)ccc1CS(=O)(=O)CC(=O)OC(C)(C)C. The van der Waals surface area contributed by atoms with Crippen LogP contribution < -0.4 is 0 Å². The van der Waals surface area contributed by atoms with E-state index in [2.05, 4.69) is 0 Å². The van der Waals surface area contributed by atoms with Gasteiger partial charge in [0.25, 0.3) is 0 Å². The Kier molecular flexibility index (Phi) is 5.13. The molecule has 0 amide bonds. The molecule has 0 radical (unpaired) electrons. The monoisotopic (exact) mass is 309 g/mol. The first-order valence-corrected chi connectivity index (χ1v) is 8.26. The van der Waals surface area contributed by atoms with Crippen molar-refractivity contribution in [1.82, 2.24) is 0 Å². The van der Waals surface area contributed by atoms with Crippen LogP contribution in [0.5, 0.6) is 0 Å². The van der Waals surface area contributed by atoms with E-state index in [-0.39, 0.29) is 5.75 Å². The molecular formula is C15H19NO4S. The van der Waals surface area contributed by atoms with Gasteiger partial charge in [0.2, 0.25) is 0 Å². The molecule has 0 heterocycles. The highest BCUT2D eigenvalue weighted by Gasteiger charge is 2.23. The Bertz CT molecular complexity index is 679. The van der Waals surface area contributed by atoms with Gasteiger partial charge in [-0.2, -0.15) is 5.26 Å². The summed E-state index contributed by atoms with van der Waals surface area (Å²) in [6.07, 6.45) is 0. The largest absolute Gasteiger partial charge is 0.459 e. The van der Waals surface area contributed by atoms with Crippen molar-refractivity contribution in [1.29, 1.82) is 5.26 Å². The number of carbonyl (C=O) groups is 1. The second kappa shape index (κ2) is 6.27. The van der Waals surface area contributed by atoms with Crippen molar-refractivity contribution < 1.29 is 17.9 Å². The fourth-order valence-electron chi connectivity index (χ4n) is 1.77. The average molecular weight is 309 g/mol. The molecule has 0 fully saturated rings. The Morgan fingerprint density at radius 3 is 2.43 bits per heavy atom. The van der Waals surface area contributed by atoms with Crippen LogP contribution in [-0.2, 0) is 25.1 Å². The van der Waals surface area contributed by atoms with E-state index >= 15 is 0 Å². The van der Waals surface area contributed by atoms with E-state index in [4.69, 9.17) is 10.00 Å². The molecular weight excluding hydrogens is 290 g/mol. The number of nitrogens with zero attached hydrogens (tertiary/aromatic N) is 1. The maximum atomic E-state index is 12.0. The number of hydrogen-bond donors (Lipinski definition) is 0. The van der Waals surface area contributed by atoms with Gasteiger partial charge < -0.3 is 4.74 Å². The third-order valence-electron chi connectivity index (χ3n) is 2.60. The second-order valence-electron chi connectivity index (χ2n) is 5.87. The van der Waals surface area contributed by atoms with Gasteiger partial charge in [-0.3, -0.25) is 4.79 Å². The van der Waals surface area contributed by atoms with Gasteiger partial charge in [-0.25, -0.2) is 8.42 Å². The smallest absolute Gasteiger partial charge is 0.321 e. The number of aryl methyl sites for hydroxylation is 1. The van der Waals surface area contributed by atoms with E-state index in [1.54, 1.807) is 45.9 Å². The van der Waals surface area contributed by atoms with Crippen molar-refractivity contribution >= 4 is 15.8 Å². The first-order chi connectivity index (χ1) is 9.52. The molecule has 0 spiro atoms. The van der Waals surface area contributed by atoms with E-state index in [0.717, 1.165) is 0 Å². The summed E-state index contributed by atoms with van der Waals surface area (Å²) in [6.45, 7) is 6.78. The van der Waals surface area contributed by atoms with Crippen molar-refractivity contribution in [2.24, 2.45) is 0 Å². The average Bonchev–Trinajstić information content (AvgIpc) is 2.28. The van der Waals surface area contributed by atoms with Crippen LogP contribution in [-0.4, -0.2) is 25.7 Å². The number of rotatable bonds is 4. The molecule has 0 atom stereocenters. The number of sulfone groups is 1. The lowest BCUT2D eigenvalue weighted by molar-refractivity contribution is -0.151. The molecule has 0 N–H and O–H groups in total. The lowest BCUT2D eigenvalue weighted by atomic mass is 10.1. The molecule has 6 heteroatoms. The summed E-state index contributed by atoms with van der Waals surface area (Å²) in [6, 6.07) is 6.77. The Morgan fingerprint density at radius 2 is 1.95 bits per heavy atom. The summed E-state index contributed by atoms with van der Waals surface area (Å²) in [5, 5.41) is 8.78. The zero-order valence-corrected chi connectivity index (χ0v) is 13.5. The maximum Gasteiger partial charge on any atom is 0.321 e. The molecule has 114 valence electrons. The van der Waals surface area contributed by atoms with Crippen LogP contribution in [0.25, 0.3) is 0 Å². The van der Waals surface area contributed by atoms with Crippen LogP contribution in [0.3, 0.4) is 0 Å². The Morgan fingerprint density at radius 1 is 1.33 bits per heavy atom. The minimum Gasteiger partial charge on any atom is -0.459 e. The molecule has 0 unspecified atom stereocenters. The van der Waals surface area contributed by atoms with Crippen LogP contribution in [0.1, 0.15) is 37.5 Å². The quantitative estimate of drug-likeness (QED) is 0.795. The van der Waals surface area contributed by atoms with E-state index in [1.807, 2.05) is 6.07 Å². The number of carbonyl (C=O) groups excluding carboxylic acids is 1. The Balaban J connectivity index is 2.82. The molecule has 0 bridgehead atoms. The molecule has 0 saturated carbocycles. The van der Waals surface area contributed by atoms with Crippen LogP contribution in [0.2, 0.25) is 0 Å². The van der Waals surface area contributed by atoms with Crippen LogP contribution in [0, 0.1) is 18.3 Å². The number of nitriles is 1. The fourth-order valence-corrected chi connectivity index (χ4v) is 3.08. The Hall–Kier alpha value is -1.87. The molecule has 0 aliphatic heterocycles. The minimum absolute atomic E-state index is 0.246. The van der Waals surface area contributed by atoms with Crippen molar-refractivity contribution in [3.63, 3.8) is 0 Å². The van der Waals surface area contributed by atoms with Gasteiger partial charge in [0.1, 0.15) is 11.4 Å². The molecule has 0 aliphatic rings. The minimum atomic E-state index is -3.61. The molecule has 0 aliphatic carbocycles. The molecule has 21 heavy (non-hydrogen) atoms. The first-order valence-electron chi connectivity index (χ1n) is 6.44. The molecule has 0 aromatic heterocycles. The van der Waals surface area contributed by atoms with Gasteiger partial charge in [0, 0.05) is 0 Å². The summed E-state index contributed by atoms with van der Waals surface area (Å²) < 4.78 is 29.1. The van der Waals surface area contributed by atoms with Gasteiger partial charge in [0.15, 0.2) is 9.84 Å². The molecule has 0 saturated heterocycles. The van der Waals surface area contributed by atoms with Gasteiger partial charge >= 0.3 is 5.97 Å². The van der Waals surface area contributed by atoms with Gasteiger partial charge in [-0.15, -0.1) is 0 Å². The highest BCUT2D eigenvalue weighted by atomic mass is 32.2. The third-order valence-corrected chi connectivity index (χ3v) is 4.03. The normalized spacial score (nSPS) is 11.8. The fraction of sp³-hybridized carbons (Fsp3) is 0.467. The number of ether oxygens (including phenoxy) is 1.